The van der Waals surface area contributed by atoms with Crippen molar-refractivity contribution in [3.8, 4) is 5.69 Å². The van der Waals surface area contributed by atoms with Crippen molar-refractivity contribution in [1.29, 1.82) is 0 Å². The van der Waals surface area contributed by atoms with Gasteiger partial charge in [0.25, 0.3) is 0 Å². The summed E-state index contributed by atoms with van der Waals surface area (Å²) in [6.45, 7) is 0. The molecule has 0 aliphatic carbocycles. The molecule has 0 fully saturated rings. The zero-order chi connectivity index (χ0) is 16.1. The van der Waals surface area contributed by atoms with E-state index < -0.39 is 11.7 Å². The van der Waals surface area contributed by atoms with Gasteiger partial charge in [-0.25, -0.2) is 9.97 Å². The predicted octanol–water partition coefficient (Wildman–Crippen LogP) is 2.65. The molecule has 0 radical (unpaired) electrons. The van der Waals surface area contributed by atoms with E-state index in [1.807, 2.05) is 0 Å². The average molecular weight is 329 g/mol. The second-order valence-electron chi connectivity index (χ2n) is 4.44. The van der Waals surface area contributed by atoms with Crippen LogP contribution in [0.1, 0.15) is 5.56 Å². The topological polar surface area (TPSA) is 95.6 Å². The number of halogens is 4. The van der Waals surface area contributed by atoms with E-state index in [4.69, 9.17) is 23.1 Å². The molecule has 114 valence electrons. The summed E-state index contributed by atoms with van der Waals surface area (Å²) in [7, 11) is 0. The highest BCUT2D eigenvalue weighted by molar-refractivity contribution is 6.30. The molecule has 0 bridgehead atoms. The van der Waals surface area contributed by atoms with Crippen LogP contribution in [0.2, 0.25) is 5.02 Å². The Morgan fingerprint density at radius 1 is 1.09 bits per heavy atom. The van der Waals surface area contributed by atoms with E-state index in [0.29, 0.717) is 5.52 Å². The van der Waals surface area contributed by atoms with E-state index in [-0.39, 0.29) is 28.3 Å². The van der Waals surface area contributed by atoms with E-state index in [0.717, 1.165) is 12.1 Å². The number of fused-ring (bicyclic) bond motifs is 1. The van der Waals surface area contributed by atoms with E-state index in [1.165, 1.54) is 16.8 Å². The van der Waals surface area contributed by atoms with Crippen LogP contribution in [0.15, 0.2) is 24.4 Å². The van der Waals surface area contributed by atoms with E-state index in [9.17, 15) is 13.2 Å². The highest BCUT2D eigenvalue weighted by atomic mass is 35.5. The number of hydrogen-bond donors (Lipinski definition) is 2. The lowest BCUT2D eigenvalue weighted by atomic mass is 10.2. The minimum atomic E-state index is -4.54. The van der Waals surface area contributed by atoms with Gasteiger partial charge in [0.1, 0.15) is 5.52 Å². The van der Waals surface area contributed by atoms with Crippen LogP contribution in [0.25, 0.3) is 16.9 Å². The number of anilines is 2. The highest BCUT2D eigenvalue weighted by Gasteiger charge is 2.31. The van der Waals surface area contributed by atoms with Crippen LogP contribution in [0.4, 0.5) is 25.1 Å². The first-order valence-electron chi connectivity index (χ1n) is 5.90. The molecule has 1 aromatic carbocycles. The summed E-state index contributed by atoms with van der Waals surface area (Å²) >= 11 is 5.78. The van der Waals surface area contributed by atoms with Crippen molar-refractivity contribution >= 4 is 34.7 Å². The van der Waals surface area contributed by atoms with Gasteiger partial charge < -0.3 is 11.5 Å². The Kier molecular flexibility index (Phi) is 3.10. The number of alkyl halides is 3. The number of nitrogens with two attached hydrogens (primary N) is 2. The number of nitrogens with zero attached hydrogens (tertiary/aromatic N) is 4. The number of nitrogen functional groups attached to an aromatic ring is 2. The summed E-state index contributed by atoms with van der Waals surface area (Å²) in [5.41, 5.74) is 10.9. The zero-order valence-electron chi connectivity index (χ0n) is 10.8. The molecule has 0 spiro atoms. The fourth-order valence-corrected chi connectivity index (χ4v) is 2.26. The van der Waals surface area contributed by atoms with Gasteiger partial charge >= 0.3 is 6.18 Å². The molecule has 3 aromatic rings. The molecular weight excluding hydrogens is 321 g/mol. The van der Waals surface area contributed by atoms with Crippen LogP contribution in [0.3, 0.4) is 0 Å². The van der Waals surface area contributed by atoms with Gasteiger partial charge in [0.2, 0.25) is 11.9 Å². The molecule has 22 heavy (non-hydrogen) atoms. The van der Waals surface area contributed by atoms with Gasteiger partial charge in [-0.1, -0.05) is 11.6 Å². The molecule has 0 aliphatic heterocycles. The summed E-state index contributed by atoms with van der Waals surface area (Å²) in [6.07, 6.45) is -3.21. The summed E-state index contributed by atoms with van der Waals surface area (Å²) < 4.78 is 40.0. The van der Waals surface area contributed by atoms with Crippen molar-refractivity contribution in [1.82, 2.24) is 19.5 Å². The fraction of sp³-hybridized carbons (Fsp3) is 0.0833. The van der Waals surface area contributed by atoms with Gasteiger partial charge in [-0.05, 0) is 18.2 Å². The van der Waals surface area contributed by atoms with Crippen molar-refractivity contribution in [2.24, 2.45) is 0 Å². The van der Waals surface area contributed by atoms with Gasteiger partial charge in [-0.3, -0.25) is 4.57 Å². The Morgan fingerprint density at radius 3 is 2.50 bits per heavy atom. The van der Waals surface area contributed by atoms with Crippen molar-refractivity contribution in [3.63, 3.8) is 0 Å². The van der Waals surface area contributed by atoms with Gasteiger partial charge in [0.05, 0.1) is 17.4 Å². The van der Waals surface area contributed by atoms with Crippen LogP contribution in [-0.2, 0) is 6.18 Å². The molecule has 2 heterocycles. The van der Waals surface area contributed by atoms with Gasteiger partial charge in [0, 0.05) is 5.02 Å². The van der Waals surface area contributed by atoms with Crippen LogP contribution in [0, 0.1) is 0 Å². The maximum absolute atomic E-state index is 12.9. The molecule has 4 N–H and O–H groups in total. The number of imidazole rings is 1. The molecule has 3 rings (SSSR count). The number of aromatic nitrogens is 4. The molecule has 2 aromatic heterocycles. The Balaban J connectivity index is 2.30. The second-order valence-corrected chi connectivity index (χ2v) is 4.87. The quantitative estimate of drug-likeness (QED) is 0.716. The zero-order valence-corrected chi connectivity index (χ0v) is 11.5. The molecule has 0 saturated heterocycles. The Bertz CT molecular complexity index is 873. The minimum absolute atomic E-state index is 0.0493. The molecule has 0 atom stereocenters. The summed E-state index contributed by atoms with van der Waals surface area (Å²) in [6, 6.07) is 3.05. The Morgan fingerprint density at radius 2 is 1.82 bits per heavy atom. The van der Waals surface area contributed by atoms with Gasteiger partial charge in [-0.15, -0.1) is 0 Å². The maximum atomic E-state index is 12.9. The summed E-state index contributed by atoms with van der Waals surface area (Å²) in [5, 5.41) is -0.0897. The fourth-order valence-electron chi connectivity index (χ4n) is 2.03. The molecular formula is C12H8ClF3N6. The lowest BCUT2D eigenvalue weighted by Crippen LogP contribution is -2.08. The lowest BCUT2D eigenvalue weighted by molar-refractivity contribution is -0.137. The van der Waals surface area contributed by atoms with Crippen LogP contribution >= 0.6 is 11.6 Å². The Labute approximate surface area is 126 Å². The van der Waals surface area contributed by atoms with E-state index in [2.05, 4.69) is 15.0 Å². The highest BCUT2D eigenvalue weighted by Crippen LogP contribution is 2.34. The largest absolute Gasteiger partial charge is 0.416 e. The smallest absolute Gasteiger partial charge is 0.369 e. The second kappa shape index (κ2) is 4.73. The van der Waals surface area contributed by atoms with Crippen molar-refractivity contribution in [2.45, 2.75) is 6.18 Å². The molecule has 0 amide bonds. The van der Waals surface area contributed by atoms with E-state index in [1.54, 1.807) is 0 Å². The van der Waals surface area contributed by atoms with Crippen molar-refractivity contribution in [3.05, 3.63) is 35.0 Å². The molecule has 0 saturated carbocycles. The van der Waals surface area contributed by atoms with E-state index >= 15 is 0 Å². The summed E-state index contributed by atoms with van der Waals surface area (Å²) in [5.74, 6) is -0.1000. The number of benzene rings is 1. The lowest BCUT2D eigenvalue weighted by Gasteiger charge is -2.11. The molecule has 10 heteroatoms. The molecule has 0 unspecified atom stereocenters. The van der Waals surface area contributed by atoms with Crippen LogP contribution in [0.5, 0.6) is 0 Å². The van der Waals surface area contributed by atoms with Gasteiger partial charge in [0.15, 0.2) is 5.65 Å². The minimum Gasteiger partial charge on any atom is -0.369 e. The van der Waals surface area contributed by atoms with Gasteiger partial charge in [-0.2, -0.15) is 18.2 Å². The maximum Gasteiger partial charge on any atom is 0.416 e. The third-order valence-corrected chi connectivity index (χ3v) is 3.13. The monoisotopic (exact) mass is 328 g/mol. The number of rotatable bonds is 1. The third-order valence-electron chi connectivity index (χ3n) is 2.91. The number of hydrogen-bond acceptors (Lipinski definition) is 5. The first-order chi connectivity index (χ1) is 10.3. The molecule has 6 nitrogen and oxygen atoms in total. The summed E-state index contributed by atoms with van der Waals surface area (Å²) in [4.78, 5) is 11.7. The van der Waals surface area contributed by atoms with Crippen LogP contribution in [-0.4, -0.2) is 19.5 Å². The van der Waals surface area contributed by atoms with Crippen molar-refractivity contribution < 1.29 is 13.2 Å². The third kappa shape index (κ3) is 2.39. The first kappa shape index (κ1) is 14.4. The average Bonchev–Trinajstić information content (AvgIpc) is 2.72. The Hall–Kier alpha value is -2.55. The standard InChI is InChI=1S/C12H8ClF3N6/c13-6-1-5(12(14,15)16)2-7(3-6)22-9-8(20-11(22)18)4-19-10(17)21-9/h1-4H,(H2,18,20)(H2,17,19,21). The normalized spacial score (nSPS) is 12.0. The first-order valence-corrected chi connectivity index (χ1v) is 6.28. The van der Waals surface area contributed by atoms with Crippen LogP contribution < -0.4 is 11.5 Å². The SMILES string of the molecule is Nc1ncc2nc(N)n(-c3cc(Cl)cc(C(F)(F)F)c3)c2n1. The molecule has 0 aliphatic rings. The van der Waals surface area contributed by atoms with Crippen molar-refractivity contribution in [2.75, 3.05) is 11.5 Å². The predicted molar refractivity (Wildman–Crippen MR) is 75.5 cm³/mol.